The number of hydrogen-bond donors (Lipinski definition) is 2. The highest BCUT2D eigenvalue weighted by Crippen LogP contribution is 2.39. The normalized spacial score (nSPS) is 20.3. The first-order chi connectivity index (χ1) is 20.7. The molecule has 3 aromatic rings. The highest BCUT2D eigenvalue weighted by molar-refractivity contribution is 6.30. The number of nitrogens with zero attached hydrogens (tertiary/aromatic N) is 3. The fourth-order valence-electron chi connectivity index (χ4n) is 5.49. The molecule has 0 aliphatic carbocycles. The molecule has 2 N–H and O–H groups in total. The van der Waals surface area contributed by atoms with Gasteiger partial charge in [-0.3, -0.25) is 15.1 Å². The lowest BCUT2D eigenvalue weighted by Crippen LogP contribution is -2.42. The second-order valence-corrected chi connectivity index (χ2v) is 10.9. The van der Waals surface area contributed by atoms with Crippen molar-refractivity contribution in [3.05, 3.63) is 76.2 Å². The first-order valence-electron chi connectivity index (χ1n) is 13.8. The zero-order valence-corrected chi connectivity index (χ0v) is 24.3. The Hall–Kier alpha value is -4.69. The summed E-state index contributed by atoms with van der Waals surface area (Å²) >= 11 is 5.98. The lowest BCUT2D eigenvalue weighted by atomic mass is 9.93. The molecule has 1 fully saturated rings. The van der Waals surface area contributed by atoms with Crippen molar-refractivity contribution in [1.29, 1.82) is 5.26 Å². The van der Waals surface area contributed by atoms with Gasteiger partial charge in [0.15, 0.2) is 0 Å². The Kier molecular flexibility index (Phi) is 8.78. The number of cyclic esters (lactones) is 1. The molecular formula is C31H29ClFN5O5. The Morgan fingerprint density at radius 1 is 1.21 bits per heavy atom. The van der Waals surface area contributed by atoms with Crippen LogP contribution in [0.5, 0.6) is 0 Å². The van der Waals surface area contributed by atoms with Crippen LogP contribution in [0.25, 0.3) is 11.3 Å². The maximum Gasteiger partial charge on any atom is 0.411 e. The van der Waals surface area contributed by atoms with Crippen molar-refractivity contribution >= 4 is 41.1 Å². The number of benzene rings is 2. The first-order valence-corrected chi connectivity index (χ1v) is 14.2. The molecule has 2 aliphatic rings. The first kappa shape index (κ1) is 29.8. The van der Waals surface area contributed by atoms with Crippen LogP contribution in [0.2, 0.25) is 5.02 Å². The van der Waals surface area contributed by atoms with Gasteiger partial charge in [-0.2, -0.15) is 5.26 Å². The van der Waals surface area contributed by atoms with Crippen LogP contribution in [0.4, 0.5) is 25.4 Å². The van der Waals surface area contributed by atoms with E-state index < -0.39 is 30.1 Å². The molecule has 12 heteroatoms. The molecule has 3 heterocycles. The Balaban J connectivity index is 1.48. The summed E-state index contributed by atoms with van der Waals surface area (Å²) in [5, 5.41) is 14.9. The number of nitriles is 1. The number of pyridine rings is 1. The molecule has 3 amide bonds. The number of hydrogen-bond acceptors (Lipinski definition) is 7. The molecule has 222 valence electrons. The third-order valence-corrected chi connectivity index (χ3v) is 8.07. The Morgan fingerprint density at radius 3 is 2.77 bits per heavy atom. The van der Waals surface area contributed by atoms with Gasteiger partial charge in [-0.1, -0.05) is 24.9 Å². The van der Waals surface area contributed by atoms with Gasteiger partial charge in [0.05, 0.1) is 41.2 Å². The number of methoxy groups -OCH3 is 1. The summed E-state index contributed by atoms with van der Waals surface area (Å²) in [5.74, 6) is -1.31. The second kappa shape index (κ2) is 12.7. The molecule has 3 atom stereocenters. The fraction of sp³-hybridized carbons (Fsp3) is 0.323. The number of anilines is 2. The van der Waals surface area contributed by atoms with Crippen molar-refractivity contribution in [2.24, 2.45) is 5.92 Å². The van der Waals surface area contributed by atoms with E-state index in [1.165, 1.54) is 19.2 Å². The molecule has 0 unspecified atom stereocenters. The summed E-state index contributed by atoms with van der Waals surface area (Å²) in [6.45, 7) is 2.08. The van der Waals surface area contributed by atoms with Crippen LogP contribution in [0, 0.1) is 23.1 Å². The highest BCUT2D eigenvalue weighted by atomic mass is 35.5. The number of carbonyl (C=O) groups is 3. The fourth-order valence-corrected chi connectivity index (χ4v) is 5.65. The molecule has 0 spiro atoms. The number of fused-ring (bicyclic) bond motifs is 4. The molecule has 0 radical (unpaired) electrons. The van der Waals surface area contributed by atoms with Crippen molar-refractivity contribution in [2.75, 3.05) is 24.3 Å². The molecule has 0 saturated carbocycles. The van der Waals surface area contributed by atoms with E-state index in [1.807, 2.05) is 25.1 Å². The maximum absolute atomic E-state index is 14.9. The van der Waals surface area contributed by atoms with Crippen LogP contribution in [0.1, 0.15) is 61.4 Å². The van der Waals surface area contributed by atoms with E-state index in [2.05, 4.69) is 20.4 Å². The van der Waals surface area contributed by atoms with E-state index in [9.17, 15) is 24.0 Å². The van der Waals surface area contributed by atoms with Gasteiger partial charge >= 0.3 is 12.2 Å². The van der Waals surface area contributed by atoms with Crippen LogP contribution in [0.3, 0.4) is 0 Å². The summed E-state index contributed by atoms with van der Waals surface area (Å²) in [7, 11) is 1.26. The minimum atomic E-state index is -0.959. The number of halogens is 2. The number of aromatic nitrogens is 1. The largest absolute Gasteiger partial charge is 0.453 e. The monoisotopic (exact) mass is 605 g/mol. The van der Waals surface area contributed by atoms with Gasteiger partial charge in [-0.25, -0.2) is 14.0 Å². The van der Waals surface area contributed by atoms with Crippen LogP contribution >= 0.6 is 11.6 Å². The number of nitrogens with one attached hydrogen (secondary N) is 2. The maximum atomic E-state index is 14.9. The van der Waals surface area contributed by atoms with Gasteiger partial charge in [0.25, 0.3) is 0 Å². The molecule has 10 nitrogen and oxygen atoms in total. The average molecular weight is 606 g/mol. The Labute approximate surface area is 252 Å². The SMILES string of the molecule is COC(=O)Nc1ccc2c(c1)NC(=O)[C@H](C)CCC[C@H](N1CC[C@H](c3c(C#N)ccc(Cl)c3F)OC1=O)c1ccnc-2c1. The minimum Gasteiger partial charge on any atom is -0.453 e. The van der Waals surface area contributed by atoms with Gasteiger partial charge < -0.3 is 19.7 Å². The van der Waals surface area contributed by atoms with Crippen LogP contribution in [-0.4, -0.2) is 41.6 Å². The molecule has 1 saturated heterocycles. The van der Waals surface area contributed by atoms with E-state index in [1.54, 1.807) is 29.3 Å². The van der Waals surface area contributed by atoms with Gasteiger partial charge in [-0.05, 0) is 60.9 Å². The number of carbonyl (C=O) groups excluding carboxylic acids is 3. The zero-order valence-electron chi connectivity index (χ0n) is 23.5. The summed E-state index contributed by atoms with van der Waals surface area (Å²) in [6.07, 6.45) is 1.38. The summed E-state index contributed by atoms with van der Waals surface area (Å²) in [5.41, 5.74) is 2.93. The second-order valence-electron chi connectivity index (χ2n) is 10.5. The summed E-state index contributed by atoms with van der Waals surface area (Å²) in [4.78, 5) is 44.5. The number of amides is 3. The highest BCUT2D eigenvalue weighted by Gasteiger charge is 2.36. The lowest BCUT2D eigenvalue weighted by molar-refractivity contribution is -0.119. The predicted molar refractivity (Wildman–Crippen MR) is 157 cm³/mol. The van der Waals surface area contributed by atoms with Crippen molar-refractivity contribution < 1.29 is 28.2 Å². The Morgan fingerprint density at radius 2 is 2.02 bits per heavy atom. The number of ether oxygens (including phenoxy) is 2. The predicted octanol–water partition coefficient (Wildman–Crippen LogP) is 6.97. The molecular weight excluding hydrogens is 577 g/mol. The summed E-state index contributed by atoms with van der Waals surface area (Å²) < 4.78 is 25.4. The minimum absolute atomic E-state index is 0.0228. The van der Waals surface area contributed by atoms with Crippen LogP contribution in [-0.2, 0) is 14.3 Å². The lowest BCUT2D eigenvalue weighted by Gasteiger charge is -2.38. The van der Waals surface area contributed by atoms with Crippen LogP contribution in [0.15, 0.2) is 48.7 Å². The van der Waals surface area contributed by atoms with Crippen molar-refractivity contribution in [3.63, 3.8) is 0 Å². The quantitative estimate of drug-likeness (QED) is 0.329. The molecule has 2 aliphatic heterocycles. The molecule has 1 aromatic heterocycles. The van der Waals surface area contributed by atoms with E-state index in [0.717, 1.165) is 5.56 Å². The standard InChI is InChI=1S/C31H29ClFN5O5/c1-17-4-3-5-25(38-13-11-26(43-31(38)41)27-19(16-34)6-9-22(32)28(27)33)18-10-12-35-23(14-18)21-8-7-20(36-30(40)42-2)15-24(21)37-29(17)39/h6-10,12,14-15,17,25-26H,3-5,11,13H2,1-2H3,(H,36,40)(H,37,39)/t17-,25+,26-/m1/s1. The topological polar surface area (TPSA) is 134 Å². The van der Waals surface area contributed by atoms with Crippen molar-refractivity contribution in [1.82, 2.24) is 9.88 Å². The van der Waals surface area contributed by atoms with E-state index in [-0.39, 0.29) is 40.9 Å². The van der Waals surface area contributed by atoms with Gasteiger partial charge in [0.2, 0.25) is 5.91 Å². The smallest absolute Gasteiger partial charge is 0.411 e. The Bertz CT molecular complexity index is 1630. The molecule has 2 bridgehead atoms. The summed E-state index contributed by atoms with van der Waals surface area (Å²) in [6, 6.07) is 13.0. The van der Waals surface area contributed by atoms with Crippen molar-refractivity contribution in [3.8, 4) is 17.3 Å². The third kappa shape index (κ3) is 6.24. The zero-order chi connectivity index (χ0) is 30.7. The van der Waals surface area contributed by atoms with Gasteiger partial charge in [0.1, 0.15) is 11.9 Å². The van der Waals surface area contributed by atoms with Crippen LogP contribution < -0.4 is 10.6 Å². The van der Waals surface area contributed by atoms with E-state index in [0.29, 0.717) is 41.9 Å². The van der Waals surface area contributed by atoms with Gasteiger partial charge in [0, 0.05) is 41.9 Å². The molecule has 5 rings (SSSR count). The molecule has 43 heavy (non-hydrogen) atoms. The van der Waals surface area contributed by atoms with Gasteiger partial charge in [-0.15, -0.1) is 0 Å². The number of rotatable bonds is 3. The van der Waals surface area contributed by atoms with E-state index >= 15 is 0 Å². The van der Waals surface area contributed by atoms with Crippen molar-refractivity contribution in [2.45, 2.75) is 44.8 Å². The third-order valence-electron chi connectivity index (χ3n) is 7.78. The average Bonchev–Trinajstić information content (AvgIpc) is 3.00. The van der Waals surface area contributed by atoms with E-state index in [4.69, 9.17) is 16.3 Å². The molecule has 2 aromatic carbocycles.